The van der Waals surface area contributed by atoms with Crippen LogP contribution in [0.25, 0.3) is 0 Å². The Morgan fingerprint density at radius 3 is 2.68 bits per heavy atom. The molecule has 4 rings (SSSR count). The minimum atomic E-state index is -0.948. The molecule has 2 aromatic carbocycles. The Balaban J connectivity index is 1.58. The number of benzene rings is 2. The standard InChI is InChI=1S/C22H19FN4O3S/c1-12-4-2-3-5-16(12)24-20(29)15-10-17(28)25-19-18(15)21(30)27-22(26-19)31-11-13-6-8-14(23)9-7-13/h2-9,15H,10-11H2,1H3,(H,24,29)(H2,25,26,27,28,30). The molecule has 2 amide bonds. The third-order valence-electron chi connectivity index (χ3n) is 4.94. The number of aromatic amines is 1. The average Bonchev–Trinajstić information content (AvgIpc) is 2.74. The van der Waals surface area contributed by atoms with Gasteiger partial charge >= 0.3 is 0 Å². The lowest BCUT2D eigenvalue weighted by Gasteiger charge is -2.23. The number of fused-ring (bicyclic) bond motifs is 1. The van der Waals surface area contributed by atoms with Crippen LogP contribution < -0.4 is 16.2 Å². The van der Waals surface area contributed by atoms with Gasteiger partial charge in [-0.05, 0) is 36.2 Å². The van der Waals surface area contributed by atoms with Crippen molar-refractivity contribution >= 4 is 35.1 Å². The number of carbonyl (C=O) groups is 2. The molecular weight excluding hydrogens is 419 g/mol. The van der Waals surface area contributed by atoms with Crippen LogP contribution in [0.2, 0.25) is 0 Å². The van der Waals surface area contributed by atoms with E-state index >= 15 is 0 Å². The van der Waals surface area contributed by atoms with Gasteiger partial charge in [0.25, 0.3) is 5.56 Å². The molecule has 0 bridgehead atoms. The maximum atomic E-state index is 13.1. The average molecular weight is 438 g/mol. The van der Waals surface area contributed by atoms with E-state index in [0.717, 1.165) is 11.1 Å². The predicted molar refractivity (Wildman–Crippen MR) is 117 cm³/mol. The second kappa shape index (κ2) is 8.73. The molecule has 1 aliphatic heterocycles. The summed E-state index contributed by atoms with van der Waals surface area (Å²) < 4.78 is 13.1. The minimum Gasteiger partial charge on any atom is -0.325 e. The molecule has 1 unspecified atom stereocenters. The monoisotopic (exact) mass is 438 g/mol. The number of nitrogens with zero attached hydrogens (tertiary/aromatic N) is 1. The molecule has 0 saturated heterocycles. The Bertz CT molecular complexity index is 1210. The smallest absolute Gasteiger partial charge is 0.257 e. The largest absolute Gasteiger partial charge is 0.325 e. The van der Waals surface area contributed by atoms with E-state index in [1.807, 2.05) is 19.1 Å². The van der Waals surface area contributed by atoms with E-state index in [1.165, 1.54) is 23.9 Å². The number of H-pyrrole nitrogens is 1. The lowest BCUT2D eigenvalue weighted by Crippen LogP contribution is -2.36. The number of thioether (sulfide) groups is 1. The Morgan fingerprint density at radius 2 is 1.94 bits per heavy atom. The molecule has 3 aromatic rings. The summed E-state index contributed by atoms with van der Waals surface area (Å²) in [5.41, 5.74) is 2.01. The fourth-order valence-electron chi connectivity index (χ4n) is 3.31. The molecule has 9 heteroatoms. The summed E-state index contributed by atoms with van der Waals surface area (Å²) in [6, 6.07) is 13.3. The highest BCUT2D eigenvalue weighted by Crippen LogP contribution is 2.31. The van der Waals surface area contributed by atoms with Crippen molar-refractivity contribution in [1.82, 2.24) is 9.97 Å². The van der Waals surface area contributed by atoms with Gasteiger partial charge in [-0.1, -0.05) is 42.1 Å². The minimum absolute atomic E-state index is 0.0894. The van der Waals surface area contributed by atoms with Crippen molar-refractivity contribution in [3.05, 3.63) is 81.4 Å². The quantitative estimate of drug-likeness (QED) is 0.417. The number of anilines is 2. The number of para-hydroxylation sites is 1. The number of aromatic nitrogens is 2. The molecule has 0 spiro atoms. The van der Waals surface area contributed by atoms with Crippen LogP contribution in [0.3, 0.4) is 0 Å². The molecule has 7 nitrogen and oxygen atoms in total. The van der Waals surface area contributed by atoms with Gasteiger partial charge in [-0.25, -0.2) is 9.37 Å². The maximum Gasteiger partial charge on any atom is 0.257 e. The third kappa shape index (κ3) is 4.66. The molecule has 158 valence electrons. The van der Waals surface area contributed by atoms with Crippen LogP contribution in [0.1, 0.15) is 29.0 Å². The number of rotatable bonds is 5. The summed E-state index contributed by atoms with van der Waals surface area (Å²) in [4.78, 5) is 44.9. The summed E-state index contributed by atoms with van der Waals surface area (Å²) in [6.07, 6.45) is -0.141. The van der Waals surface area contributed by atoms with Crippen LogP contribution in [0.15, 0.2) is 58.5 Å². The number of aryl methyl sites for hydroxylation is 1. The normalized spacial score (nSPS) is 15.2. The van der Waals surface area contributed by atoms with Gasteiger partial charge < -0.3 is 15.6 Å². The van der Waals surface area contributed by atoms with Gasteiger partial charge in [-0.15, -0.1) is 0 Å². The summed E-state index contributed by atoms with van der Waals surface area (Å²) in [7, 11) is 0. The van der Waals surface area contributed by atoms with Gasteiger partial charge in [0.2, 0.25) is 11.8 Å². The fraction of sp³-hybridized carbons (Fsp3) is 0.182. The third-order valence-corrected chi connectivity index (χ3v) is 5.88. The molecule has 1 aromatic heterocycles. The molecule has 1 aliphatic rings. The second-order valence-corrected chi connectivity index (χ2v) is 8.12. The van der Waals surface area contributed by atoms with Crippen molar-refractivity contribution in [2.75, 3.05) is 10.6 Å². The number of amides is 2. The van der Waals surface area contributed by atoms with Crippen LogP contribution in [0.5, 0.6) is 0 Å². The first kappa shape index (κ1) is 20.8. The van der Waals surface area contributed by atoms with Crippen LogP contribution >= 0.6 is 11.8 Å². The summed E-state index contributed by atoms with van der Waals surface area (Å²) in [6.45, 7) is 1.86. The van der Waals surface area contributed by atoms with Gasteiger partial charge in [0, 0.05) is 17.9 Å². The molecule has 0 fully saturated rings. The van der Waals surface area contributed by atoms with Gasteiger partial charge in [0.05, 0.1) is 11.5 Å². The molecule has 2 heterocycles. The highest BCUT2D eigenvalue weighted by Gasteiger charge is 2.34. The molecule has 0 radical (unpaired) electrons. The predicted octanol–water partition coefficient (Wildman–Crippen LogP) is 3.57. The molecule has 0 saturated carbocycles. The van der Waals surface area contributed by atoms with Crippen molar-refractivity contribution in [3.8, 4) is 0 Å². The first-order chi connectivity index (χ1) is 14.9. The van der Waals surface area contributed by atoms with Gasteiger partial charge in [-0.3, -0.25) is 14.4 Å². The van der Waals surface area contributed by atoms with Crippen LogP contribution in [-0.2, 0) is 15.3 Å². The Hall–Kier alpha value is -3.46. The SMILES string of the molecule is Cc1ccccc1NC(=O)C1CC(=O)Nc2nc(SCc3ccc(F)cc3)[nH]c(=O)c21. The number of nitrogens with one attached hydrogen (secondary N) is 3. The van der Waals surface area contributed by atoms with E-state index in [4.69, 9.17) is 0 Å². The van der Waals surface area contributed by atoms with Crippen LogP contribution in [-0.4, -0.2) is 21.8 Å². The lowest BCUT2D eigenvalue weighted by atomic mass is 9.92. The van der Waals surface area contributed by atoms with Crippen molar-refractivity contribution in [2.45, 2.75) is 30.2 Å². The van der Waals surface area contributed by atoms with E-state index in [0.29, 0.717) is 16.6 Å². The van der Waals surface area contributed by atoms with E-state index in [1.54, 1.807) is 24.3 Å². The van der Waals surface area contributed by atoms with E-state index in [2.05, 4.69) is 20.6 Å². The lowest BCUT2D eigenvalue weighted by molar-refractivity contribution is -0.123. The Morgan fingerprint density at radius 1 is 1.19 bits per heavy atom. The van der Waals surface area contributed by atoms with Crippen LogP contribution in [0, 0.1) is 12.7 Å². The molecule has 1 atom stereocenters. The Labute approximate surface area is 181 Å². The first-order valence-corrected chi connectivity index (χ1v) is 10.6. The van der Waals surface area contributed by atoms with Crippen molar-refractivity contribution in [2.24, 2.45) is 0 Å². The molecular formula is C22H19FN4O3S. The van der Waals surface area contributed by atoms with E-state index in [9.17, 15) is 18.8 Å². The zero-order chi connectivity index (χ0) is 22.0. The van der Waals surface area contributed by atoms with Crippen molar-refractivity contribution < 1.29 is 14.0 Å². The number of halogens is 1. The van der Waals surface area contributed by atoms with Crippen molar-refractivity contribution in [3.63, 3.8) is 0 Å². The number of hydrogen-bond acceptors (Lipinski definition) is 5. The first-order valence-electron chi connectivity index (χ1n) is 9.58. The zero-order valence-electron chi connectivity index (χ0n) is 16.6. The topological polar surface area (TPSA) is 104 Å². The maximum absolute atomic E-state index is 13.1. The zero-order valence-corrected chi connectivity index (χ0v) is 17.4. The molecule has 31 heavy (non-hydrogen) atoms. The van der Waals surface area contributed by atoms with Crippen molar-refractivity contribution in [1.29, 1.82) is 0 Å². The van der Waals surface area contributed by atoms with E-state index in [-0.39, 0.29) is 29.5 Å². The van der Waals surface area contributed by atoms with Crippen LogP contribution in [0.4, 0.5) is 15.9 Å². The Kier molecular flexibility index (Phi) is 5.85. The highest BCUT2D eigenvalue weighted by molar-refractivity contribution is 7.98. The highest BCUT2D eigenvalue weighted by atomic mass is 32.2. The summed E-state index contributed by atoms with van der Waals surface area (Å²) in [5, 5.41) is 5.69. The fourth-order valence-corrected chi connectivity index (χ4v) is 4.12. The number of carbonyl (C=O) groups excluding carboxylic acids is 2. The second-order valence-electron chi connectivity index (χ2n) is 7.16. The van der Waals surface area contributed by atoms with Gasteiger partial charge in [-0.2, -0.15) is 0 Å². The van der Waals surface area contributed by atoms with Gasteiger partial charge in [0.1, 0.15) is 11.6 Å². The van der Waals surface area contributed by atoms with Gasteiger partial charge in [0.15, 0.2) is 5.16 Å². The molecule has 3 N–H and O–H groups in total. The molecule has 0 aliphatic carbocycles. The summed E-state index contributed by atoms with van der Waals surface area (Å²) >= 11 is 1.24. The van der Waals surface area contributed by atoms with E-state index < -0.39 is 17.4 Å². The number of hydrogen-bond donors (Lipinski definition) is 3. The summed E-state index contributed by atoms with van der Waals surface area (Å²) in [5.74, 6) is -1.56.